The van der Waals surface area contributed by atoms with Gasteiger partial charge in [-0.05, 0) is 82.2 Å². The molecule has 0 heterocycles. The molecule has 0 aromatic heterocycles. The fourth-order valence-corrected chi connectivity index (χ4v) is 7.88. The van der Waals surface area contributed by atoms with E-state index in [1.807, 2.05) is 0 Å². The first-order chi connectivity index (χ1) is 12.3. The van der Waals surface area contributed by atoms with E-state index in [2.05, 4.69) is 0 Å². The molecule has 0 aromatic rings. The third-order valence-corrected chi connectivity index (χ3v) is 10.6. The molecule has 0 saturated heterocycles. The summed E-state index contributed by atoms with van der Waals surface area (Å²) in [6, 6.07) is 0. The van der Waals surface area contributed by atoms with Gasteiger partial charge in [-0.1, -0.05) is 6.42 Å². The second kappa shape index (κ2) is 11.2. The van der Waals surface area contributed by atoms with Crippen LogP contribution in [0.15, 0.2) is 0 Å². The van der Waals surface area contributed by atoms with Gasteiger partial charge in [0.25, 0.3) is 0 Å². The summed E-state index contributed by atoms with van der Waals surface area (Å²) in [5.41, 5.74) is 0. The molecule has 3 unspecified atom stereocenters. The predicted octanol–water partition coefficient (Wildman–Crippen LogP) is 1.77. The zero-order valence-corrected chi connectivity index (χ0v) is 19.1. The quantitative estimate of drug-likeness (QED) is 0.280. The van der Waals surface area contributed by atoms with Gasteiger partial charge in [-0.2, -0.15) is 0 Å². The molecule has 162 valence electrons. The van der Waals surface area contributed by atoms with Gasteiger partial charge in [0.1, 0.15) is 27.5 Å². The summed E-state index contributed by atoms with van der Waals surface area (Å²) in [4.78, 5) is 0. The third kappa shape index (κ3) is 13.6. The van der Waals surface area contributed by atoms with Crippen LogP contribution in [0.1, 0.15) is 38.5 Å². The Bertz CT molecular complexity index is 761. The fraction of sp³-hybridized carbons (Fsp3) is 1.00. The van der Waals surface area contributed by atoms with Crippen molar-refractivity contribution in [2.75, 3.05) is 17.3 Å². The van der Waals surface area contributed by atoms with E-state index in [-0.39, 0.29) is 35.0 Å². The second-order valence-electron chi connectivity index (χ2n) is 6.26. The molecular formula is C12H21O9S6-3. The molecule has 0 amide bonds. The zero-order chi connectivity index (χ0) is 20.7. The maximum atomic E-state index is 10.7. The van der Waals surface area contributed by atoms with Gasteiger partial charge < -0.3 is 13.7 Å². The molecule has 1 fully saturated rings. The lowest BCUT2D eigenvalue weighted by molar-refractivity contribution is 0.169. The van der Waals surface area contributed by atoms with E-state index in [4.69, 9.17) is 0 Å². The van der Waals surface area contributed by atoms with Crippen LogP contribution >= 0.6 is 32.4 Å². The summed E-state index contributed by atoms with van der Waals surface area (Å²) < 4.78 is 96.4. The maximum absolute atomic E-state index is 10.7. The molecule has 0 aromatic carbocycles. The van der Waals surface area contributed by atoms with E-state index in [0.29, 0.717) is 58.1 Å². The third-order valence-electron chi connectivity index (χ3n) is 4.43. The van der Waals surface area contributed by atoms with Crippen LogP contribution in [0, 0.1) is 17.8 Å². The molecule has 0 bridgehead atoms. The summed E-state index contributed by atoms with van der Waals surface area (Å²) in [6.07, 6.45) is 3.67. The van der Waals surface area contributed by atoms with E-state index in [0.717, 1.165) is 12.8 Å². The van der Waals surface area contributed by atoms with Crippen molar-refractivity contribution < 1.29 is 38.9 Å². The SMILES string of the molecule is O=S(=O)([O-])SCCC1CCC(CCSS(=O)(=O)[O-])C(CCSS(=O)(=O)[O-])C1. The number of rotatable bonds is 12. The molecule has 1 rings (SSSR count). The van der Waals surface area contributed by atoms with Gasteiger partial charge in [-0.25, -0.2) is 25.3 Å². The van der Waals surface area contributed by atoms with Crippen molar-refractivity contribution in [2.45, 2.75) is 38.5 Å². The van der Waals surface area contributed by atoms with Crippen molar-refractivity contribution in [3.63, 3.8) is 0 Å². The van der Waals surface area contributed by atoms with Gasteiger partial charge in [0.15, 0.2) is 0 Å². The molecule has 0 aliphatic heterocycles. The Hall–Kier alpha value is 0.780. The Morgan fingerprint density at radius 1 is 0.630 bits per heavy atom. The molecule has 9 nitrogen and oxygen atoms in total. The Balaban J connectivity index is 2.59. The number of hydrogen-bond acceptors (Lipinski definition) is 12. The van der Waals surface area contributed by atoms with Crippen LogP contribution in [0.4, 0.5) is 0 Å². The summed E-state index contributed by atoms with van der Waals surface area (Å²) >= 11 is 0. The molecule has 15 heteroatoms. The molecular weight excluding hydrogens is 481 g/mol. The Kier molecular flexibility index (Phi) is 10.8. The van der Waals surface area contributed by atoms with Gasteiger partial charge in [0.05, 0.1) is 0 Å². The molecule has 27 heavy (non-hydrogen) atoms. The van der Waals surface area contributed by atoms with E-state index in [1.54, 1.807) is 0 Å². The van der Waals surface area contributed by atoms with Gasteiger partial charge in [0.2, 0.25) is 0 Å². The van der Waals surface area contributed by atoms with E-state index < -0.39 is 27.5 Å². The van der Waals surface area contributed by atoms with Gasteiger partial charge in [-0.15, -0.1) is 0 Å². The molecule has 1 aliphatic rings. The Morgan fingerprint density at radius 2 is 1.04 bits per heavy atom. The normalized spacial score (nSPS) is 24.8. The Morgan fingerprint density at radius 3 is 1.48 bits per heavy atom. The monoisotopic (exact) mass is 501 g/mol. The van der Waals surface area contributed by atoms with Crippen LogP contribution < -0.4 is 0 Å². The van der Waals surface area contributed by atoms with Crippen molar-refractivity contribution >= 4 is 59.8 Å². The average molecular weight is 502 g/mol. The van der Waals surface area contributed by atoms with Gasteiger partial charge in [-0.3, -0.25) is 0 Å². The number of hydrogen-bond donors (Lipinski definition) is 0. The molecule has 3 atom stereocenters. The first kappa shape index (κ1) is 25.8. The summed E-state index contributed by atoms with van der Waals surface area (Å²) in [5, 5.41) is 0. The van der Waals surface area contributed by atoms with Crippen LogP contribution in [-0.4, -0.2) is 56.2 Å². The van der Waals surface area contributed by atoms with Gasteiger partial charge >= 0.3 is 0 Å². The lowest BCUT2D eigenvalue weighted by Gasteiger charge is -2.36. The van der Waals surface area contributed by atoms with E-state index in [9.17, 15) is 38.9 Å². The minimum atomic E-state index is -4.39. The maximum Gasteiger partial charge on any atom is 0.149 e. The summed E-state index contributed by atoms with van der Waals surface area (Å²) in [7, 11) is -12.1. The van der Waals surface area contributed by atoms with Crippen LogP contribution in [-0.2, 0) is 27.5 Å². The smallest absolute Gasteiger partial charge is 0.149 e. The first-order valence-corrected chi connectivity index (χ1v) is 16.8. The average Bonchev–Trinajstić information content (AvgIpc) is 2.45. The predicted molar refractivity (Wildman–Crippen MR) is 105 cm³/mol. The zero-order valence-electron chi connectivity index (χ0n) is 14.2. The van der Waals surface area contributed by atoms with Crippen LogP contribution in [0.5, 0.6) is 0 Å². The van der Waals surface area contributed by atoms with Crippen molar-refractivity contribution in [1.29, 1.82) is 0 Å². The van der Waals surface area contributed by atoms with E-state index >= 15 is 0 Å². The highest BCUT2D eigenvalue weighted by Crippen LogP contribution is 2.41. The van der Waals surface area contributed by atoms with Crippen LogP contribution in [0.3, 0.4) is 0 Å². The lowest BCUT2D eigenvalue weighted by atomic mass is 9.71. The minimum Gasteiger partial charge on any atom is -0.739 e. The molecule has 0 radical (unpaired) electrons. The highest BCUT2D eigenvalue weighted by molar-refractivity contribution is 8.70. The second-order valence-corrected chi connectivity index (χ2v) is 16.4. The molecule has 0 N–H and O–H groups in total. The van der Waals surface area contributed by atoms with Crippen molar-refractivity contribution in [3.05, 3.63) is 0 Å². The van der Waals surface area contributed by atoms with Crippen molar-refractivity contribution in [2.24, 2.45) is 17.8 Å². The fourth-order valence-electron chi connectivity index (χ4n) is 3.34. The highest BCUT2D eigenvalue weighted by atomic mass is 33.2. The molecule has 1 saturated carbocycles. The molecule has 0 spiro atoms. The standard InChI is InChI=1S/C12H24O9S6/c13-25(14,15)22-6-3-10-1-2-11(4-7-23-26(16,17)18)12(9-10)5-8-24-27(19,20)21/h10-12H,1-9H2,(H,13,14,15)(H,16,17,18)(H,19,20,21)/p-3. The topological polar surface area (TPSA) is 172 Å². The summed E-state index contributed by atoms with van der Waals surface area (Å²) in [5.74, 6) is 0.765. The van der Waals surface area contributed by atoms with Crippen LogP contribution in [0.2, 0.25) is 0 Å². The van der Waals surface area contributed by atoms with Gasteiger partial charge in [0, 0.05) is 17.3 Å². The Labute approximate surface area is 171 Å². The van der Waals surface area contributed by atoms with Crippen molar-refractivity contribution in [3.8, 4) is 0 Å². The largest absolute Gasteiger partial charge is 0.739 e. The van der Waals surface area contributed by atoms with E-state index in [1.165, 1.54) is 0 Å². The molecule has 1 aliphatic carbocycles. The van der Waals surface area contributed by atoms with Crippen LogP contribution in [0.25, 0.3) is 0 Å². The first-order valence-electron chi connectivity index (χ1n) is 8.06. The minimum absolute atomic E-state index is 0.0433. The lowest BCUT2D eigenvalue weighted by Crippen LogP contribution is -2.26. The highest BCUT2D eigenvalue weighted by Gasteiger charge is 2.30. The van der Waals surface area contributed by atoms with Crippen molar-refractivity contribution in [1.82, 2.24) is 0 Å². The summed E-state index contributed by atoms with van der Waals surface area (Å²) in [6.45, 7) is 0.